The number of allylic oxidation sites excluding steroid dienone is 2. The average Bonchev–Trinajstić information content (AvgIpc) is 2.15. The zero-order valence-electron chi connectivity index (χ0n) is 8.92. The summed E-state index contributed by atoms with van der Waals surface area (Å²) in [5.41, 5.74) is 1.12. The summed E-state index contributed by atoms with van der Waals surface area (Å²) in [4.78, 5) is 12.9. The van der Waals surface area contributed by atoms with Crippen molar-refractivity contribution >= 4 is 17.0 Å². The number of carbonyl (C=O) groups is 1. The third kappa shape index (κ3) is 3.33. The van der Waals surface area contributed by atoms with E-state index in [1.165, 1.54) is 12.8 Å². The highest BCUT2D eigenvalue weighted by Crippen LogP contribution is 2.23. The molecule has 1 rings (SSSR count). The Kier molecular flexibility index (Phi) is 4.46. The number of hydrogen-bond donors (Lipinski definition) is 0. The van der Waals surface area contributed by atoms with Gasteiger partial charge < -0.3 is 4.90 Å². The molecule has 80 valence electrons. The van der Waals surface area contributed by atoms with Crippen LogP contribution in [0.2, 0.25) is 0 Å². The van der Waals surface area contributed by atoms with E-state index in [4.69, 9.17) is 11.6 Å². The first-order valence-corrected chi connectivity index (χ1v) is 5.65. The number of hydrogen-bond acceptors (Lipinski definition) is 1. The second-order valence-electron chi connectivity index (χ2n) is 4.20. The molecule has 0 aromatic heterocycles. The van der Waals surface area contributed by atoms with E-state index >= 15 is 0 Å². The normalized spacial score (nSPS) is 16.7. The lowest BCUT2D eigenvalue weighted by molar-refractivity contribution is 0.226. The lowest BCUT2D eigenvalue weighted by Crippen LogP contribution is -2.30. The van der Waals surface area contributed by atoms with E-state index in [0.29, 0.717) is 5.92 Å². The molecule has 0 N–H and O–H groups in total. The summed E-state index contributed by atoms with van der Waals surface area (Å²) in [6, 6.07) is 0. The predicted octanol–water partition coefficient (Wildman–Crippen LogP) is 3.76. The molecule has 14 heavy (non-hydrogen) atoms. The first kappa shape index (κ1) is 11.6. The van der Waals surface area contributed by atoms with E-state index in [1.807, 2.05) is 0 Å². The van der Waals surface area contributed by atoms with Gasteiger partial charge in [-0.05, 0) is 43.2 Å². The van der Waals surface area contributed by atoms with Gasteiger partial charge in [-0.1, -0.05) is 19.9 Å². The topological polar surface area (TPSA) is 20.3 Å². The number of halogens is 1. The molecule has 0 bridgehead atoms. The fraction of sp³-hybridized carbons (Fsp3) is 0.727. The van der Waals surface area contributed by atoms with Crippen molar-refractivity contribution in [2.45, 2.75) is 39.5 Å². The van der Waals surface area contributed by atoms with Crippen LogP contribution in [-0.2, 0) is 0 Å². The maximum absolute atomic E-state index is 11.2. The first-order chi connectivity index (χ1) is 6.61. The highest BCUT2D eigenvalue weighted by Gasteiger charge is 2.18. The van der Waals surface area contributed by atoms with Gasteiger partial charge in [0.2, 0.25) is 0 Å². The van der Waals surface area contributed by atoms with Crippen molar-refractivity contribution in [2.24, 2.45) is 5.92 Å². The van der Waals surface area contributed by atoms with Gasteiger partial charge in [-0.2, -0.15) is 0 Å². The van der Waals surface area contributed by atoms with Gasteiger partial charge in [0.15, 0.2) is 0 Å². The maximum atomic E-state index is 11.2. The number of rotatable bonds is 3. The lowest BCUT2D eigenvalue weighted by atomic mass is 10.0. The van der Waals surface area contributed by atoms with Gasteiger partial charge in [0, 0.05) is 12.2 Å². The van der Waals surface area contributed by atoms with Gasteiger partial charge in [-0.3, -0.25) is 4.79 Å². The van der Waals surface area contributed by atoms with Crippen LogP contribution in [-0.4, -0.2) is 16.8 Å². The monoisotopic (exact) mass is 215 g/mol. The van der Waals surface area contributed by atoms with Gasteiger partial charge in [0.05, 0.1) is 0 Å². The van der Waals surface area contributed by atoms with E-state index < -0.39 is 0 Å². The average molecular weight is 216 g/mol. The summed E-state index contributed by atoms with van der Waals surface area (Å²) < 4.78 is 0. The van der Waals surface area contributed by atoms with Gasteiger partial charge in [-0.15, -0.1) is 0 Å². The zero-order valence-corrected chi connectivity index (χ0v) is 9.68. The molecule has 1 aliphatic rings. The summed E-state index contributed by atoms with van der Waals surface area (Å²) in [5, 5.41) is -0.341. The van der Waals surface area contributed by atoms with E-state index in [1.54, 1.807) is 4.90 Å². The minimum atomic E-state index is -0.341. The largest absolute Gasteiger partial charge is 0.320 e. The SMILES string of the molecule is CC(C)CN(C(=O)Cl)C1=CCCCC1. The zero-order chi connectivity index (χ0) is 10.6. The first-order valence-electron chi connectivity index (χ1n) is 5.27. The van der Waals surface area contributed by atoms with E-state index in [9.17, 15) is 4.79 Å². The fourth-order valence-electron chi connectivity index (χ4n) is 1.73. The summed E-state index contributed by atoms with van der Waals surface area (Å²) in [7, 11) is 0. The highest BCUT2D eigenvalue weighted by atomic mass is 35.5. The summed E-state index contributed by atoms with van der Waals surface area (Å²) in [6.07, 6.45) is 6.62. The van der Waals surface area contributed by atoms with Crippen LogP contribution in [0.4, 0.5) is 4.79 Å². The van der Waals surface area contributed by atoms with Crippen LogP contribution in [0, 0.1) is 5.92 Å². The Morgan fingerprint density at radius 1 is 1.57 bits per heavy atom. The molecule has 2 nitrogen and oxygen atoms in total. The Bertz CT molecular complexity index is 235. The number of carbonyl (C=O) groups excluding carboxylic acids is 1. The molecule has 1 amide bonds. The van der Waals surface area contributed by atoms with Crippen LogP contribution in [0.1, 0.15) is 39.5 Å². The third-order valence-corrected chi connectivity index (χ3v) is 2.58. The molecule has 0 radical (unpaired) electrons. The van der Waals surface area contributed by atoms with Crippen molar-refractivity contribution in [3.8, 4) is 0 Å². The summed E-state index contributed by atoms with van der Waals surface area (Å²) in [5.74, 6) is 0.459. The Morgan fingerprint density at radius 3 is 2.71 bits per heavy atom. The minimum absolute atomic E-state index is 0.341. The van der Waals surface area contributed by atoms with Crippen LogP contribution in [0.3, 0.4) is 0 Å². The van der Waals surface area contributed by atoms with E-state index in [2.05, 4.69) is 19.9 Å². The predicted molar refractivity (Wildman–Crippen MR) is 59.3 cm³/mol. The van der Waals surface area contributed by atoms with Crippen LogP contribution in [0.15, 0.2) is 11.8 Å². The van der Waals surface area contributed by atoms with E-state index in [-0.39, 0.29) is 5.37 Å². The molecule has 0 heterocycles. The highest BCUT2D eigenvalue weighted by molar-refractivity contribution is 6.63. The molecule has 0 spiro atoms. The van der Waals surface area contributed by atoms with Crippen molar-refractivity contribution in [3.05, 3.63) is 11.8 Å². The van der Waals surface area contributed by atoms with Crippen LogP contribution in [0.5, 0.6) is 0 Å². The van der Waals surface area contributed by atoms with Crippen LogP contribution < -0.4 is 0 Å². The molecule has 0 aliphatic heterocycles. The fourth-order valence-corrected chi connectivity index (χ4v) is 1.91. The molecule has 1 aliphatic carbocycles. The number of nitrogens with zero attached hydrogens (tertiary/aromatic N) is 1. The molecule has 0 saturated heterocycles. The second kappa shape index (κ2) is 5.40. The smallest absolute Gasteiger partial charge is 0.303 e. The van der Waals surface area contributed by atoms with Gasteiger partial charge >= 0.3 is 5.37 Å². The molecule has 0 atom stereocenters. The second-order valence-corrected chi connectivity index (χ2v) is 4.52. The van der Waals surface area contributed by atoms with Crippen LogP contribution >= 0.6 is 11.6 Å². The number of amides is 1. The van der Waals surface area contributed by atoms with Crippen molar-refractivity contribution in [3.63, 3.8) is 0 Å². The summed E-state index contributed by atoms with van der Waals surface area (Å²) >= 11 is 5.57. The molecular weight excluding hydrogens is 198 g/mol. The Morgan fingerprint density at radius 2 is 2.29 bits per heavy atom. The van der Waals surface area contributed by atoms with Gasteiger partial charge in [0.1, 0.15) is 0 Å². The third-order valence-electron chi connectivity index (χ3n) is 2.37. The Balaban J connectivity index is 2.66. The molecular formula is C11H18ClNO. The van der Waals surface area contributed by atoms with Crippen molar-refractivity contribution in [2.75, 3.05) is 6.54 Å². The summed E-state index contributed by atoms with van der Waals surface area (Å²) in [6.45, 7) is 4.92. The van der Waals surface area contributed by atoms with Crippen LogP contribution in [0.25, 0.3) is 0 Å². The van der Waals surface area contributed by atoms with Gasteiger partial charge in [0.25, 0.3) is 0 Å². The quantitative estimate of drug-likeness (QED) is 0.519. The molecule has 3 heteroatoms. The molecule has 0 saturated carbocycles. The molecule has 0 aromatic carbocycles. The molecule has 0 aromatic rings. The van der Waals surface area contributed by atoms with Crippen molar-refractivity contribution < 1.29 is 4.79 Å². The van der Waals surface area contributed by atoms with Crippen molar-refractivity contribution in [1.29, 1.82) is 0 Å². The molecule has 0 unspecified atom stereocenters. The Labute approximate surface area is 90.9 Å². The minimum Gasteiger partial charge on any atom is -0.303 e. The molecule has 0 fully saturated rings. The van der Waals surface area contributed by atoms with Crippen molar-refractivity contribution in [1.82, 2.24) is 4.90 Å². The van der Waals surface area contributed by atoms with E-state index in [0.717, 1.165) is 25.1 Å². The van der Waals surface area contributed by atoms with Gasteiger partial charge in [-0.25, -0.2) is 0 Å². The Hall–Kier alpha value is -0.500. The lowest BCUT2D eigenvalue weighted by Gasteiger charge is -2.26. The standard InChI is InChI=1S/C11H18ClNO/c1-9(2)8-13(11(12)14)10-6-4-3-5-7-10/h6,9H,3-5,7-8H2,1-2H3. The maximum Gasteiger partial charge on any atom is 0.320 e.